The minimum Gasteiger partial charge on any atom is -0.383 e. The molecule has 9 heteroatoms. The van der Waals surface area contributed by atoms with Crippen LogP contribution in [0.5, 0.6) is 0 Å². The molecule has 0 N–H and O–H groups in total. The normalized spacial score (nSPS) is 12.2. The predicted molar refractivity (Wildman–Crippen MR) is 104 cm³/mol. The second-order valence-corrected chi connectivity index (χ2v) is 9.02. The van der Waals surface area contributed by atoms with Gasteiger partial charge in [0.15, 0.2) is 4.80 Å². The van der Waals surface area contributed by atoms with Crippen molar-refractivity contribution in [2.45, 2.75) is 6.54 Å². The Morgan fingerprint density at radius 3 is 2.75 bits per heavy atom. The van der Waals surface area contributed by atoms with E-state index in [1.165, 1.54) is 22.7 Å². The number of fused-ring (bicyclic) bond motifs is 1. The summed E-state index contributed by atoms with van der Waals surface area (Å²) in [4.78, 5) is 17.8. The Kier molecular flexibility index (Phi) is 5.79. The van der Waals surface area contributed by atoms with Crippen LogP contribution in [0.1, 0.15) is 9.67 Å². The lowest BCUT2D eigenvalue weighted by Gasteiger charge is -2.06. The fourth-order valence-electron chi connectivity index (χ4n) is 2.15. The van der Waals surface area contributed by atoms with E-state index in [1.54, 1.807) is 19.2 Å². The molecule has 0 fully saturated rings. The number of ether oxygens (including phenoxy) is 1. The van der Waals surface area contributed by atoms with E-state index in [9.17, 15) is 4.79 Å². The summed E-state index contributed by atoms with van der Waals surface area (Å²) < 4.78 is 8.84. The van der Waals surface area contributed by atoms with Gasteiger partial charge in [0.05, 0.1) is 35.5 Å². The van der Waals surface area contributed by atoms with E-state index in [1.807, 2.05) is 16.7 Å². The van der Waals surface area contributed by atoms with E-state index in [4.69, 9.17) is 27.9 Å². The maximum absolute atomic E-state index is 12.4. The van der Waals surface area contributed by atoms with E-state index < -0.39 is 0 Å². The first-order chi connectivity index (χ1) is 11.5. The lowest BCUT2D eigenvalue weighted by molar-refractivity contribution is 0.100. The molecule has 1 amide bonds. The standard InChI is InChI=1S/C15H11BrCl2N2O2S2/c1-22-7-6-20-13-9(3-2-8(17)12(13)18)24-15(20)19-14(21)10-4-5-11(16)23-10/h2-5H,6-7H2,1H3. The molecule has 0 radical (unpaired) electrons. The molecule has 0 saturated carbocycles. The van der Waals surface area contributed by atoms with Crippen molar-refractivity contribution in [1.29, 1.82) is 0 Å². The zero-order valence-electron chi connectivity index (χ0n) is 12.4. The second kappa shape index (κ2) is 7.68. The Bertz CT molecular complexity index is 978. The summed E-state index contributed by atoms with van der Waals surface area (Å²) in [6.07, 6.45) is 0. The highest BCUT2D eigenvalue weighted by Crippen LogP contribution is 2.32. The Morgan fingerprint density at radius 2 is 2.08 bits per heavy atom. The number of thiophene rings is 1. The van der Waals surface area contributed by atoms with Crippen LogP contribution in [0, 0.1) is 0 Å². The fraction of sp³-hybridized carbons (Fsp3) is 0.200. The molecule has 0 aliphatic carbocycles. The summed E-state index contributed by atoms with van der Waals surface area (Å²) in [6.45, 7) is 0.997. The minimum atomic E-state index is -0.286. The largest absolute Gasteiger partial charge is 0.383 e. The van der Waals surface area contributed by atoms with E-state index in [2.05, 4.69) is 20.9 Å². The summed E-state index contributed by atoms with van der Waals surface area (Å²) in [5.74, 6) is -0.286. The Balaban J connectivity index is 2.17. The van der Waals surface area contributed by atoms with Gasteiger partial charge in [-0.1, -0.05) is 34.5 Å². The van der Waals surface area contributed by atoms with Crippen LogP contribution in [-0.4, -0.2) is 24.2 Å². The van der Waals surface area contributed by atoms with Gasteiger partial charge in [-0.3, -0.25) is 4.79 Å². The van der Waals surface area contributed by atoms with Crippen molar-refractivity contribution in [2.24, 2.45) is 4.99 Å². The molecule has 0 aliphatic heterocycles. The van der Waals surface area contributed by atoms with Gasteiger partial charge in [0.2, 0.25) is 0 Å². The van der Waals surface area contributed by atoms with Crippen molar-refractivity contribution in [1.82, 2.24) is 4.57 Å². The molecule has 2 aromatic heterocycles. The number of thiazole rings is 1. The Hall–Kier alpha value is -0.700. The van der Waals surface area contributed by atoms with Crippen LogP contribution in [-0.2, 0) is 11.3 Å². The summed E-state index contributed by atoms with van der Waals surface area (Å²) in [5, 5.41) is 0.919. The predicted octanol–water partition coefficient (Wildman–Crippen LogP) is 5.22. The molecule has 2 heterocycles. The molecule has 0 unspecified atom stereocenters. The number of hydrogen-bond donors (Lipinski definition) is 0. The summed E-state index contributed by atoms with van der Waals surface area (Å²) >= 11 is 18.6. The number of carbonyl (C=O) groups excluding carboxylic acids is 1. The maximum atomic E-state index is 12.4. The van der Waals surface area contributed by atoms with Crippen LogP contribution < -0.4 is 4.80 Å². The summed E-state index contributed by atoms with van der Waals surface area (Å²) in [7, 11) is 1.62. The SMILES string of the molecule is COCCn1c(=NC(=O)c2ccc(Br)s2)sc2ccc(Cl)c(Cl)c21. The van der Waals surface area contributed by atoms with Crippen molar-refractivity contribution < 1.29 is 9.53 Å². The average molecular weight is 466 g/mol. The van der Waals surface area contributed by atoms with Crippen LogP contribution in [0.3, 0.4) is 0 Å². The molecule has 0 saturated heterocycles. The Morgan fingerprint density at radius 1 is 1.29 bits per heavy atom. The lowest BCUT2D eigenvalue weighted by atomic mass is 10.3. The molecular formula is C15H11BrCl2N2O2S2. The third kappa shape index (κ3) is 3.61. The molecule has 24 heavy (non-hydrogen) atoms. The number of methoxy groups -OCH3 is 1. The van der Waals surface area contributed by atoms with Gasteiger partial charge in [-0.2, -0.15) is 4.99 Å². The van der Waals surface area contributed by atoms with Crippen LogP contribution in [0.4, 0.5) is 0 Å². The minimum absolute atomic E-state index is 0.286. The number of benzene rings is 1. The number of amides is 1. The topological polar surface area (TPSA) is 43.6 Å². The van der Waals surface area contributed by atoms with Gasteiger partial charge < -0.3 is 9.30 Å². The summed E-state index contributed by atoms with van der Waals surface area (Å²) in [5.41, 5.74) is 0.769. The summed E-state index contributed by atoms with van der Waals surface area (Å²) in [6, 6.07) is 7.19. The van der Waals surface area contributed by atoms with Gasteiger partial charge in [-0.05, 0) is 40.2 Å². The molecule has 0 spiro atoms. The Labute approximate surface area is 164 Å². The monoisotopic (exact) mass is 464 g/mol. The maximum Gasteiger partial charge on any atom is 0.289 e. The number of carbonyl (C=O) groups is 1. The zero-order chi connectivity index (χ0) is 17.3. The van der Waals surface area contributed by atoms with Gasteiger partial charge in [-0.15, -0.1) is 11.3 Å². The fourth-order valence-corrected chi connectivity index (χ4v) is 4.96. The van der Waals surface area contributed by atoms with Gasteiger partial charge >= 0.3 is 0 Å². The number of hydrogen-bond acceptors (Lipinski definition) is 4. The van der Waals surface area contributed by atoms with Crippen LogP contribution >= 0.6 is 61.8 Å². The first-order valence-electron chi connectivity index (χ1n) is 6.82. The molecule has 3 aromatic rings. The van der Waals surface area contributed by atoms with Gasteiger partial charge in [-0.25, -0.2) is 0 Å². The molecule has 4 nitrogen and oxygen atoms in total. The molecule has 0 atom stereocenters. The van der Waals surface area contributed by atoms with E-state index in [-0.39, 0.29) is 5.91 Å². The smallest absolute Gasteiger partial charge is 0.289 e. The van der Waals surface area contributed by atoms with Crippen LogP contribution in [0.2, 0.25) is 10.0 Å². The molecule has 126 valence electrons. The molecular weight excluding hydrogens is 455 g/mol. The molecule has 0 bridgehead atoms. The highest BCUT2D eigenvalue weighted by Gasteiger charge is 2.14. The van der Waals surface area contributed by atoms with Crippen molar-refractivity contribution >= 4 is 77.9 Å². The van der Waals surface area contributed by atoms with E-state index in [0.29, 0.717) is 32.9 Å². The van der Waals surface area contributed by atoms with Gasteiger partial charge in [0.25, 0.3) is 5.91 Å². The third-order valence-electron chi connectivity index (χ3n) is 3.23. The van der Waals surface area contributed by atoms with Crippen LogP contribution in [0.25, 0.3) is 10.2 Å². The first kappa shape index (κ1) is 18.1. The number of aromatic nitrogens is 1. The number of nitrogens with zero attached hydrogens (tertiary/aromatic N) is 2. The van der Waals surface area contributed by atoms with Gasteiger partial charge in [0.1, 0.15) is 0 Å². The molecule has 1 aromatic carbocycles. The highest BCUT2D eigenvalue weighted by molar-refractivity contribution is 9.11. The first-order valence-corrected chi connectivity index (χ1v) is 10.00. The third-order valence-corrected chi connectivity index (χ3v) is 6.68. The lowest BCUT2D eigenvalue weighted by Crippen LogP contribution is -2.19. The van der Waals surface area contributed by atoms with Crippen molar-refractivity contribution in [3.63, 3.8) is 0 Å². The van der Waals surface area contributed by atoms with E-state index in [0.717, 1.165) is 14.0 Å². The number of rotatable bonds is 4. The molecule has 3 rings (SSSR count). The van der Waals surface area contributed by atoms with Crippen molar-refractivity contribution in [3.8, 4) is 0 Å². The van der Waals surface area contributed by atoms with Crippen molar-refractivity contribution in [2.75, 3.05) is 13.7 Å². The average Bonchev–Trinajstić information content (AvgIpc) is 3.13. The van der Waals surface area contributed by atoms with Crippen LogP contribution in [0.15, 0.2) is 33.0 Å². The quantitative estimate of drug-likeness (QED) is 0.530. The molecule has 0 aliphatic rings. The second-order valence-electron chi connectivity index (χ2n) is 4.76. The highest BCUT2D eigenvalue weighted by atomic mass is 79.9. The van der Waals surface area contributed by atoms with Crippen molar-refractivity contribution in [3.05, 3.63) is 47.8 Å². The van der Waals surface area contributed by atoms with E-state index >= 15 is 0 Å². The number of halogens is 3. The van der Waals surface area contributed by atoms with Gasteiger partial charge in [0, 0.05) is 13.7 Å². The zero-order valence-corrected chi connectivity index (χ0v) is 17.1.